The van der Waals surface area contributed by atoms with Crippen molar-refractivity contribution in [3.63, 3.8) is 0 Å². The van der Waals surface area contributed by atoms with Crippen molar-refractivity contribution in [3.05, 3.63) is 83.6 Å². The maximum absolute atomic E-state index is 12.8. The minimum Gasteiger partial charge on any atom is -0.384 e. The SMILES string of the molecule is CN(C)C(=O)c1cc2ccc(C(=N)N)cc2n1Cc1cccc2ccccc12. The minimum atomic E-state index is -0.0548. The summed E-state index contributed by atoms with van der Waals surface area (Å²) in [5, 5.41) is 11.0. The van der Waals surface area contributed by atoms with Crippen molar-refractivity contribution in [1.29, 1.82) is 5.41 Å². The predicted molar refractivity (Wildman–Crippen MR) is 114 cm³/mol. The molecule has 0 radical (unpaired) electrons. The minimum absolute atomic E-state index is 0.0142. The Morgan fingerprint density at radius 3 is 2.50 bits per heavy atom. The number of aromatic nitrogens is 1. The molecule has 140 valence electrons. The number of amides is 1. The molecule has 0 saturated heterocycles. The van der Waals surface area contributed by atoms with E-state index in [0.29, 0.717) is 17.8 Å². The molecule has 3 N–H and O–H groups in total. The lowest BCUT2D eigenvalue weighted by molar-refractivity contribution is 0.0818. The Bertz CT molecular complexity index is 1210. The second-order valence-corrected chi connectivity index (χ2v) is 7.14. The predicted octanol–water partition coefficient (Wildman–Crippen LogP) is 3.83. The van der Waals surface area contributed by atoms with Gasteiger partial charge in [0.15, 0.2) is 0 Å². The summed E-state index contributed by atoms with van der Waals surface area (Å²) in [6.07, 6.45) is 0. The van der Waals surface area contributed by atoms with Crippen LogP contribution in [0.3, 0.4) is 0 Å². The van der Waals surface area contributed by atoms with Crippen molar-refractivity contribution in [1.82, 2.24) is 9.47 Å². The number of carbonyl (C=O) groups is 1. The van der Waals surface area contributed by atoms with Gasteiger partial charge in [-0.3, -0.25) is 10.2 Å². The third-order valence-corrected chi connectivity index (χ3v) is 5.05. The summed E-state index contributed by atoms with van der Waals surface area (Å²) in [5.41, 5.74) is 8.99. The van der Waals surface area contributed by atoms with Gasteiger partial charge in [0.05, 0.1) is 0 Å². The molecule has 0 aliphatic rings. The highest BCUT2D eigenvalue weighted by atomic mass is 16.2. The van der Waals surface area contributed by atoms with Gasteiger partial charge in [0.1, 0.15) is 11.5 Å². The van der Waals surface area contributed by atoms with Crippen LogP contribution in [0.5, 0.6) is 0 Å². The summed E-state index contributed by atoms with van der Waals surface area (Å²) in [6, 6.07) is 22.0. The Hall–Kier alpha value is -3.60. The maximum atomic E-state index is 12.8. The van der Waals surface area contributed by atoms with Gasteiger partial charge in [-0.1, -0.05) is 54.6 Å². The van der Waals surface area contributed by atoms with Crippen LogP contribution in [0.15, 0.2) is 66.7 Å². The molecule has 1 aromatic heterocycles. The van der Waals surface area contributed by atoms with Gasteiger partial charge >= 0.3 is 0 Å². The van der Waals surface area contributed by atoms with Crippen molar-refractivity contribution in [3.8, 4) is 0 Å². The molecule has 0 unspecified atom stereocenters. The first kappa shape index (κ1) is 17.8. The van der Waals surface area contributed by atoms with Gasteiger partial charge < -0.3 is 15.2 Å². The number of nitrogens with one attached hydrogen (secondary N) is 1. The van der Waals surface area contributed by atoms with Crippen molar-refractivity contribution in [2.24, 2.45) is 5.73 Å². The molecule has 5 heteroatoms. The van der Waals surface area contributed by atoms with Gasteiger partial charge in [-0.2, -0.15) is 0 Å². The Kier molecular flexibility index (Phi) is 4.35. The Balaban J connectivity index is 1.94. The van der Waals surface area contributed by atoms with E-state index in [1.54, 1.807) is 19.0 Å². The smallest absolute Gasteiger partial charge is 0.270 e. The molecule has 0 fully saturated rings. The first-order valence-electron chi connectivity index (χ1n) is 9.11. The number of benzene rings is 3. The molecule has 0 aliphatic carbocycles. The summed E-state index contributed by atoms with van der Waals surface area (Å²) in [5.74, 6) is -0.0406. The van der Waals surface area contributed by atoms with E-state index in [-0.39, 0.29) is 11.7 Å². The maximum Gasteiger partial charge on any atom is 0.270 e. The fraction of sp³-hybridized carbons (Fsp3) is 0.130. The number of hydrogen-bond acceptors (Lipinski definition) is 2. The normalized spacial score (nSPS) is 11.1. The van der Waals surface area contributed by atoms with Crippen LogP contribution in [0.2, 0.25) is 0 Å². The van der Waals surface area contributed by atoms with E-state index in [0.717, 1.165) is 21.9 Å². The average Bonchev–Trinajstić information content (AvgIpc) is 3.05. The molecule has 0 spiro atoms. The third-order valence-electron chi connectivity index (χ3n) is 5.05. The molecule has 1 amide bonds. The lowest BCUT2D eigenvalue weighted by atomic mass is 10.0. The Morgan fingerprint density at radius 2 is 1.75 bits per heavy atom. The van der Waals surface area contributed by atoms with Gasteiger partial charge in [-0.25, -0.2) is 0 Å². The molecule has 4 aromatic rings. The Labute approximate surface area is 163 Å². The van der Waals surface area contributed by atoms with Crippen molar-refractivity contribution < 1.29 is 4.79 Å². The zero-order valence-corrected chi connectivity index (χ0v) is 15.9. The van der Waals surface area contributed by atoms with E-state index < -0.39 is 0 Å². The highest BCUT2D eigenvalue weighted by Crippen LogP contribution is 2.26. The van der Waals surface area contributed by atoms with Crippen LogP contribution in [-0.4, -0.2) is 35.3 Å². The van der Waals surface area contributed by atoms with Gasteiger partial charge in [0.2, 0.25) is 0 Å². The van der Waals surface area contributed by atoms with Crippen LogP contribution >= 0.6 is 0 Å². The number of fused-ring (bicyclic) bond motifs is 2. The molecular formula is C23H22N4O. The van der Waals surface area contributed by atoms with Crippen molar-refractivity contribution >= 4 is 33.4 Å². The highest BCUT2D eigenvalue weighted by molar-refractivity contribution is 6.02. The number of amidine groups is 1. The van der Waals surface area contributed by atoms with E-state index >= 15 is 0 Å². The summed E-state index contributed by atoms with van der Waals surface area (Å²) in [7, 11) is 3.51. The van der Waals surface area contributed by atoms with Crippen LogP contribution in [0.4, 0.5) is 0 Å². The number of nitrogens with two attached hydrogens (primary N) is 1. The molecule has 0 aliphatic heterocycles. The van der Waals surface area contributed by atoms with Crippen LogP contribution in [0.1, 0.15) is 21.6 Å². The molecule has 4 rings (SSSR count). The van der Waals surface area contributed by atoms with E-state index in [9.17, 15) is 4.79 Å². The first-order chi connectivity index (χ1) is 13.5. The lowest BCUT2D eigenvalue weighted by Crippen LogP contribution is -2.24. The first-order valence-corrected chi connectivity index (χ1v) is 9.11. The van der Waals surface area contributed by atoms with Crippen LogP contribution in [0.25, 0.3) is 21.7 Å². The zero-order chi connectivity index (χ0) is 19.8. The number of nitrogen functional groups attached to an aromatic ring is 1. The average molecular weight is 370 g/mol. The lowest BCUT2D eigenvalue weighted by Gasteiger charge is -2.16. The molecule has 0 bridgehead atoms. The summed E-state index contributed by atoms with van der Waals surface area (Å²) < 4.78 is 2.02. The van der Waals surface area contributed by atoms with E-state index in [1.807, 2.05) is 47.0 Å². The van der Waals surface area contributed by atoms with Crippen molar-refractivity contribution in [2.75, 3.05) is 14.1 Å². The van der Waals surface area contributed by atoms with Crippen LogP contribution in [-0.2, 0) is 6.54 Å². The monoisotopic (exact) mass is 370 g/mol. The largest absolute Gasteiger partial charge is 0.384 e. The molecule has 3 aromatic carbocycles. The standard InChI is InChI=1S/C23H22N4O/c1-26(2)23(28)21-12-16-10-11-17(22(24)25)13-20(16)27(21)14-18-8-5-7-15-6-3-4-9-19(15)18/h3-13H,14H2,1-2H3,(H3,24,25). The van der Waals surface area contributed by atoms with Gasteiger partial charge in [0, 0.05) is 37.1 Å². The van der Waals surface area contributed by atoms with Gasteiger partial charge in [-0.05, 0) is 28.5 Å². The number of hydrogen-bond donors (Lipinski definition) is 2. The van der Waals surface area contributed by atoms with Gasteiger partial charge in [-0.15, -0.1) is 0 Å². The second kappa shape index (κ2) is 6.85. The van der Waals surface area contributed by atoms with E-state index in [2.05, 4.69) is 24.3 Å². The van der Waals surface area contributed by atoms with E-state index in [1.165, 1.54) is 5.39 Å². The second-order valence-electron chi connectivity index (χ2n) is 7.14. The van der Waals surface area contributed by atoms with E-state index in [4.69, 9.17) is 11.1 Å². The zero-order valence-electron chi connectivity index (χ0n) is 15.9. The number of rotatable bonds is 4. The van der Waals surface area contributed by atoms with Gasteiger partial charge in [0.25, 0.3) is 5.91 Å². The topological polar surface area (TPSA) is 75.1 Å². The highest BCUT2D eigenvalue weighted by Gasteiger charge is 2.18. The molecule has 5 nitrogen and oxygen atoms in total. The Morgan fingerprint density at radius 1 is 1.00 bits per heavy atom. The molecule has 0 atom stereocenters. The number of carbonyl (C=O) groups excluding carboxylic acids is 1. The fourth-order valence-corrected chi connectivity index (χ4v) is 3.60. The summed E-state index contributed by atoms with van der Waals surface area (Å²) >= 11 is 0. The summed E-state index contributed by atoms with van der Waals surface area (Å²) in [4.78, 5) is 14.4. The number of nitrogens with zero attached hydrogens (tertiary/aromatic N) is 2. The van der Waals surface area contributed by atoms with Crippen LogP contribution < -0.4 is 5.73 Å². The molecule has 0 saturated carbocycles. The quantitative estimate of drug-likeness (QED) is 0.423. The van der Waals surface area contributed by atoms with Crippen molar-refractivity contribution in [2.45, 2.75) is 6.54 Å². The third kappa shape index (κ3) is 3.01. The van der Waals surface area contributed by atoms with Crippen LogP contribution in [0, 0.1) is 5.41 Å². The molecular weight excluding hydrogens is 348 g/mol. The summed E-state index contributed by atoms with van der Waals surface area (Å²) in [6.45, 7) is 0.557. The molecule has 28 heavy (non-hydrogen) atoms. The molecule has 1 heterocycles. The fourth-order valence-electron chi connectivity index (χ4n) is 3.60.